The molecule has 0 fully saturated rings. The van der Waals surface area contributed by atoms with Crippen LogP contribution in [0.5, 0.6) is 0 Å². The number of anilines is 1. The van der Waals surface area contributed by atoms with Gasteiger partial charge in [-0.15, -0.1) is 0 Å². The number of hydrogen-bond donors (Lipinski definition) is 2. The van der Waals surface area contributed by atoms with Crippen LogP contribution in [0.3, 0.4) is 0 Å². The molecule has 0 radical (unpaired) electrons. The molecule has 0 bridgehead atoms. The molecule has 1 heterocycles. The van der Waals surface area contributed by atoms with Crippen LogP contribution in [0.4, 0.5) is 10.2 Å². The van der Waals surface area contributed by atoms with Crippen molar-refractivity contribution in [2.45, 2.75) is 6.42 Å². The number of amides is 1. The molecule has 122 valence electrons. The summed E-state index contributed by atoms with van der Waals surface area (Å²) in [5.41, 5.74) is 1.15. The SMILES string of the molecule is COCCNC(=O)c1ccc(NCCc2ccccc2F)nc1. The predicted molar refractivity (Wildman–Crippen MR) is 87.0 cm³/mol. The molecule has 23 heavy (non-hydrogen) atoms. The highest BCUT2D eigenvalue weighted by atomic mass is 19.1. The average molecular weight is 317 g/mol. The Hall–Kier alpha value is -2.47. The van der Waals surface area contributed by atoms with Gasteiger partial charge in [-0.1, -0.05) is 18.2 Å². The van der Waals surface area contributed by atoms with Gasteiger partial charge in [0.2, 0.25) is 0 Å². The van der Waals surface area contributed by atoms with E-state index >= 15 is 0 Å². The number of carbonyl (C=O) groups excluding carboxylic acids is 1. The zero-order valence-corrected chi connectivity index (χ0v) is 13.0. The Morgan fingerprint density at radius 1 is 1.22 bits per heavy atom. The van der Waals surface area contributed by atoms with Crippen LogP contribution >= 0.6 is 0 Å². The van der Waals surface area contributed by atoms with Gasteiger partial charge in [0.1, 0.15) is 11.6 Å². The Labute approximate surface area is 134 Å². The van der Waals surface area contributed by atoms with E-state index in [1.165, 1.54) is 12.3 Å². The number of rotatable bonds is 8. The molecule has 0 aliphatic carbocycles. The second-order valence-electron chi connectivity index (χ2n) is 4.95. The van der Waals surface area contributed by atoms with Crippen LogP contribution < -0.4 is 10.6 Å². The minimum absolute atomic E-state index is 0.188. The molecule has 0 atom stereocenters. The summed E-state index contributed by atoms with van der Waals surface area (Å²) in [5.74, 6) is 0.257. The fourth-order valence-electron chi connectivity index (χ4n) is 2.03. The highest BCUT2D eigenvalue weighted by Crippen LogP contribution is 2.09. The second-order valence-corrected chi connectivity index (χ2v) is 4.95. The number of aromatic nitrogens is 1. The molecule has 0 aliphatic heterocycles. The van der Waals surface area contributed by atoms with Crippen molar-refractivity contribution in [3.63, 3.8) is 0 Å². The molecule has 5 nitrogen and oxygen atoms in total. The van der Waals surface area contributed by atoms with Crippen molar-refractivity contribution in [3.8, 4) is 0 Å². The normalized spacial score (nSPS) is 10.3. The molecule has 0 aliphatic rings. The van der Waals surface area contributed by atoms with Gasteiger partial charge in [0, 0.05) is 26.4 Å². The first-order valence-corrected chi connectivity index (χ1v) is 7.41. The van der Waals surface area contributed by atoms with E-state index in [2.05, 4.69) is 15.6 Å². The standard InChI is InChI=1S/C17H20FN3O2/c1-23-11-10-20-17(22)14-6-7-16(21-12-14)19-9-8-13-4-2-3-5-15(13)18/h2-7,12H,8-11H2,1H3,(H,19,21)(H,20,22). The molecule has 0 saturated carbocycles. The van der Waals surface area contributed by atoms with Gasteiger partial charge >= 0.3 is 0 Å². The van der Waals surface area contributed by atoms with Crippen LogP contribution in [-0.4, -0.2) is 37.7 Å². The lowest BCUT2D eigenvalue weighted by Crippen LogP contribution is -2.27. The van der Waals surface area contributed by atoms with Crippen molar-refractivity contribution >= 4 is 11.7 Å². The fourth-order valence-corrected chi connectivity index (χ4v) is 2.03. The Kier molecular flexibility index (Phi) is 6.50. The summed E-state index contributed by atoms with van der Waals surface area (Å²) in [6.45, 7) is 1.49. The third-order valence-electron chi connectivity index (χ3n) is 3.28. The van der Waals surface area contributed by atoms with Crippen molar-refractivity contribution in [1.82, 2.24) is 10.3 Å². The van der Waals surface area contributed by atoms with Crippen molar-refractivity contribution < 1.29 is 13.9 Å². The van der Waals surface area contributed by atoms with Gasteiger partial charge < -0.3 is 15.4 Å². The van der Waals surface area contributed by atoms with Crippen LogP contribution in [-0.2, 0) is 11.2 Å². The first-order valence-electron chi connectivity index (χ1n) is 7.41. The lowest BCUT2D eigenvalue weighted by Gasteiger charge is -2.08. The molecular formula is C17H20FN3O2. The maximum Gasteiger partial charge on any atom is 0.252 e. The first kappa shape index (κ1) is 16.9. The number of ether oxygens (including phenoxy) is 1. The molecule has 1 aromatic heterocycles. The van der Waals surface area contributed by atoms with E-state index in [0.29, 0.717) is 43.1 Å². The van der Waals surface area contributed by atoms with Crippen LogP contribution in [0.1, 0.15) is 15.9 Å². The second kappa shape index (κ2) is 8.85. The van der Waals surface area contributed by atoms with Crippen molar-refractivity contribution in [3.05, 3.63) is 59.5 Å². The van der Waals surface area contributed by atoms with E-state index < -0.39 is 0 Å². The Morgan fingerprint density at radius 3 is 2.74 bits per heavy atom. The molecule has 2 rings (SSSR count). The number of nitrogens with one attached hydrogen (secondary N) is 2. The van der Waals surface area contributed by atoms with Gasteiger partial charge in [-0.05, 0) is 30.2 Å². The number of benzene rings is 1. The third kappa shape index (κ3) is 5.34. The van der Waals surface area contributed by atoms with Crippen LogP contribution in [0.25, 0.3) is 0 Å². The summed E-state index contributed by atoms with van der Waals surface area (Å²) in [6.07, 6.45) is 2.07. The Bertz CT molecular complexity index is 632. The molecular weight excluding hydrogens is 297 g/mol. The molecule has 2 N–H and O–H groups in total. The summed E-state index contributed by atoms with van der Waals surface area (Å²) in [6, 6.07) is 10.1. The lowest BCUT2D eigenvalue weighted by atomic mass is 10.1. The van der Waals surface area contributed by atoms with Crippen molar-refractivity contribution in [2.75, 3.05) is 32.1 Å². The van der Waals surface area contributed by atoms with E-state index in [9.17, 15) is 9.18 Å². The van der Waals surface area contributed by atoms with E-state index in [1.807, 2.05) is 6.07 Å². The maximum absolute atomic E-state index is 13.5. The highest BCUT2D eigenvalue weighted by molar-refractivity contribution is 5.94. The van der Waals surface area contributed by atoms with Crippen LogP contribution in [0.15, 0.2) is 42.6 Å². The molecule has 0 spiro atoms. The quantitative estimate of drug-likeness (QED) is 0.733. The Morgan fingerprint density at radius 2 is 2.04 bits per heavy atom. The summed E-state index contributed by atoms with van der Waals surface area (Å²) in [5, 5.41) is 5.83. The minimum atomic E-state index is -0.203. The maximum atomic E-state index is 13.5. The summed E-state index contributed by atoms with van der Waals surface area (Å²) < 4.78 is 18.4. The lowest BCUT2D eigenvalue weighted by molar-refractivity contribution is 0.0937. The number of halogens is 1. The third-order valence-corrected chi connectivity index (χ3v) is 3.28. The zero-order chi connectivity index (χ0) is 16.5. The zero-order valence-electron chi connectivity index (χ0n) is 13.0. The average Bonchev–Trinajstić information content (AvgIpc) is 2.57. The molecule has 1 amide bonds. The minimum Gasteiger partial charge on any atom is -0.383 e. The van der Waals surface area contributed by atoms with Gasteiger partial charge in [-0.25, -0.2) is 9.37 Å². The monoisotopic (exact) mass is 317 g/mol. The number of pyridine rings is 1. The van der Waals surface area contributed by atoms with Gasteiger partial charge in [0.25, 0.3) is 5.91 Å². The van der Waals surface area contributed by atoms with E-state index in [1.54, 1.807) is 31.4 Å². The number of carbonyl (C=O) groups is 1. The van der Waals surface area contributed by atoms with E-state index in [4.69, 9.17) is 4.74 Å². The van der Waals surface area contributed by atoms with Crippen molar-refractivity contribution in [2.24, 2.45) is 0 Å². The molecule has 2 aromatic rings. The van der Waals surface area contributed by atoms with Gasteiger partial charge in [-0.3, -0.25) is 4.79 Å². The summed E-state index contributed by atoms with van der Waals surface area (Å²) in [7, 11) is 1.58. The van der Waals surface area contributed by atoms with E-state index in [-0.39, 0.29) is 11.7 Å². The number of hydrogen-bond acceptors (Lipinski definition) is 4. The number of nitrogens with zero attached hydrogens (tertiary/aromatic N) is 1. The molecule has 0 saturated heterocycles. The molecule has 6 heteroatoms. The van der Waals surface area contributed by atoms with Crippen molar-refractivity contribution in [1.29, 1.82) is 0 Å². The topological polar surface area (TPSA) is 63.2 Å². The van der Waals surface area contributed by atoms with Gasteiger partial charge in [0.05, 0.1) is 12.2 Å². The molecule has 0 unspecified atom stereocenters. The molecule has 1 aromatic carbocycles. The van der Waals surface area contributed by atoms with E-state index in [0.717, 1.165) is 0 Å². The fraction of sp³-hybridized carbons (Fsp3) is 0.294. The summed E-state index contributed by atoms with van der Waals surface area (Å²) >= 11 is 0. The van der Waals surface area contributed by atoms with Crippen LogP contribution in [0, 0.1) is 5.82 Å². The van der Waals surface area contributed by atoms with Gasteiger partial charge in [0.15, 0.2) is 0 Å². The number of methoxy groups -OCH3 is 1. The van der Waals surface area contributed by atoms with Gasteiger partial charge in [-0.2, -0.15) is 0 Å². The predicted octanol–water partition coefficient (Wildman–Crippen LogP) is 2.25. The smallest absolute Gasteiger partial charge is 0.252 e. The highest BCUT2D eigenvalue weighted by Gasteiger charge is 2.05. The van der Waals surface area contributed by atoms with Crippen LogP contribution in [0.2, 0.25) is 0 Å². The first-order chi connectivity index (χ1) is 11.2. The summed E-state index contributed by atoms with van der Waals surface area (Å²) in [4.78, 5) is 16.0. The Balaban J connectivity index is 1.81. The largest absolute Gasteiger partial charge is 0.383 e.